The first-order chi connectivity index (χ1) is 12.9. The van der Waals surface area contributed by atoms with Crippen molar-refractivity contribution in [2.45, 2.75) is 13.8 Å². The standard InChI is InChI=1S/C19H19ClN2O4S/c1-10-5-13(6-11(2)17(10)20)26-9-16(23)21-19-22-18-14(25-4)7-12(24-3)8-15(18)27-19/h5-8H,9H2,1-4H3,(H,21,22,23). The van der Waals surface area contributed by atoms with Crippen LogP contribution in [0.3, 0.4) is 0 Å². The summed E-state index contributed by atoms with van der Waals surface area (Å²) in [5.41, 5.74) is 2.47. The van der Waals surface area contributed by atoms with Crippen LogP contribution in [0.1, 0.15) is 11.1 Å². The van der Waals surface area contributed by atoms with Gasteiger partial charge in [0, 0.05) is 11.1 Å². The smallest absolute Gasteiger partial charge is 0.264 e. The van der Waals surface area contributed by atoms with E-state index >= 15 is 0 Å². The lowest BCUT2D eigenvalue weighted by molar-refractivity contribution is -0.118. The minimum absolute atomic E-state index is 0.128. The van der Waals surface area contributed by atoms with Crippen molar-refractivity contribution >= 4 is 44.2 Å². The Morgan fingerprint density at radius 1 is 1.11 bits per heavy atom. The molecule has 0 radical (unpaired) electrons. The average Bonchev–Trinajstić information content (AvgIpc) is 3.05. The summed E-state index contributed by atoms with van der Waals surface area (Å²) < 4.78 is 17.0. The lowest BCUT2D eigenvalue weighted by Crippen LogP contribution is -2.20. The molecule has 8 heteroatoms. The first kappa shape index (κ1) is 19.3. The van der Waals surface area contributed by atoms with Crippen LogP contribution >= 0.6 is 22.9 Å². The van der Waals surface area contributed by atoms with Gasteiger partial charge >= 0.3 is 0 Å². The van der Waals surface area contributed by atoms with Gasteiger partial charge in [-0.1, -0.05) is 22.9 Å². The van der Waals surface area contributed by atoms with Crippen LogP contribution in [0.25, 0.3) is 10.2 Å². The normalized spacial score (nSPS) is 10.7. The number of hydrogen-bond donors (Lipinski definition) is 1. The fourth-order valence-corrected chi connectivity index (χ4v) is 3.63. The topological polar surface area (TPSA) is 69.7 Å². The van der Waals surface area contributed by atoms with Gasteiger partial charge in [-0.3, -0.25) is 10.1 Å². The Kier molecular flexibility index (Phi) is 5.72. The van der Waals surface area contributed by atoms with E-state index in [0.29, 0.717) is 32.9 Å². The van der Waals surface area contributed by atoms with Gasteiger partial charge in [-0.05, 0) is 43.2 Å². The van der Waals surface area contributed by atoms with E-state index in [0.717, 1.165) is 15.8 Å². The second-order valence-electron chi connectivity index (χ2n) is 5.90. The molecule has 0 fully saturated rings. The van der Waals surface area contributed by atoms with Crippen molar-refractivity contribution in [2.75, 3.05) is 26.1 Å². The zero-order valence-electron chi connectivity index (χ0n) is 15.4. The molecule has 1 amide bonds. The fourth-order valence-electron chi connectivity index (χ4n) is 2.60. The molecule has 3 rings (SSSR count). The minimum atomic E-state index is -0.301. The van der Waals surface area contributed by atoms with Crippen molar-refractivity contribution < 1.29 is 19.0 Å². The molecule has 1 N–H and O–H groups in total. The number of thiazole rings is 1. The molecule has 0 aliphatic rings. The molecule has 0 atom stereocenters. The molecular formula is C19H19ClN2O4S. The maximum absolute atomic E-state index is 12.2. The highest BCUT2D eigenvalue weighted by Crippen LogP contribution is 2.36. The number of aromatic nitrogens is 1. The number of halogens is 1. The van der Waals surface area contributed by atoms with E-state index in [1.165, 1.54) is 11.3 Å². The molecule has 0 spiro atoms. The third-order valence-electron chi connectivity index (χ3n) is 3.92. The lowest BCUT2D eigenvalue weighted by Gasteiger charge is -2.09. The van der Waals surface area contributed by atoms with Gasteiger partial charge in [0.25, 0.3) is 5.91 Å². The molecule has 2 aromatic carbocycles. The average molecular weight is 407 g/mol. The van der Waals surface area contributed by atoms with Crippen LogP contribution in [-0.2, 0) is 4.79 Å². The molecule has 27 heavy (non-hydrogen) atoms. The fraction of sp³-hybridized carbons (Fsp3) is 0.263. The molecule has 3 aromatic rings. The zero-order valence-corrected chi connectivity index (χ0v) is 17.0. The van der Waals surface area contributed by atoms with E-state index in [1.807, 2.05) is 19.9 Å². The number of methoxy groups -OCH3 is 2. The van der Waals surface area contributed by atoms with Crippen LogP contribution in [0.4, 0.5) is 5.13 Å². The third kappa shape index (κ3) is 4.26. The Balaban J connectivity index is 1.71. The molecule has 1 aromatic heterocycles. The summed E-state index contributed by atoms with van der Waals surface area (Å²) in [6.45, 7) is 3.66. The molecule has 0 unspecified atom stereocenters. The monoisotopic (exact) mass is 406 g/mol. The summed E-state index contributed by atoms with van der Waals surface area (Å²) >= 11 is 7.48. The first-order valence-electron chi connectivity index (χ1n) is 8.13. The number of nitrogens with one attached hydrogen (secondary N) is 1. The van der Waals surface area contributed by atoms with Gasteiger partial charge in [0.1, 0.15) is 22.8 Å². The second-order valence-corrected chi connectivity index (χ2v) is 7.31. The van der Waals surface area contributed by atoms with Crippen molar-refractivity contribution in [3.8, 4) is 17.2 Å². The number of aryl methyl sites for hydroxylation is 2. The van der Waals surface area contributed by atoms with Crippen LogP contribution in [0.2, 0.25) is 5.02 Å². The number of hydrogen-bond acceptors (Lipinski definition) is 6. The van der Waals surface area contributed by atoms with Gasteiger partial charge in [0.05, 0.1) is 18.9 Å². The Bertz CT molecular complexity index is 980. The van der Waals surface area contributed by atoms with E-state index in [1.54, 1.807) is 32.4 Å². The summed E-state index contributed by atoms with van der Waals surface area (Å²) in [6, 6.07) is 7.21. The van der Waals surface area contributed by atoms with Crippen LogP contribution in [-0.4, -0.2) is 31.7 Å². The van der Waals surface area contributed by atoms with Crippen molar-refractivity contribution in [1.29, 1.82) is 0 Å². The van der Waals surface area contributed by atoms with Gasteiger partial charge < -0.3 is 14.2 Å². The van der Waals surface area contributed by atoms with Crippen molar-refractivity contribution in [3.05, 3.63) is 40.4 Å². The number of amides is 1. The molecule has 0 saturated heterocycles. The Morgan fingerprint density at radius 3 is 2.44 bits per heavy atom. The number of benzene rings is 2. The zero-order chi connectivity index (χ0) is 19.6. The van der Waals surface area contributed by atoms with Gasteiger partial charge in [-0.2, -0.15) is 0 Å². The largest absolute Gasteiger partial charge is 0.497 e. The number of anilines is 1. The summed E-state index contributed by atoms with van der Waals surface area (Å²) in [7, 11) is 3.15. The Labute approximate surface area is 166 Å². The van der Waals surface area contributed by atoms with Gasteiger partial charge in [-0.25, -0.2) is 4.98 Å². The summed E-state index contributed by atoms with van der Waals surface area (Å²) in [5.74, 6) is 1.55. The molecule has 0 aliphatic carbocycles. The number of ether oxygens (including phenoxy) is 3. The third-order valence-corrected chi connectivity index (χ3v) is 5.43. The molecule has 0 saturated carbocycles. The van der Waals surface area contributed by atoms with Gasteiger partial charge in [0.15, 0.2) is 11.7 Å². The van der Waals surface area contributed by atoms with Crippen molar-refractivity contribution in [3.63, 3.8) is 0 Å². The molecule has 1 heterocycles. The van der Waals surface area contributed by atoms with Crippen LogP contribution in [0, 0.1) is 13.8 Å². The predicted octanol–water partition coefficient (Wildman–Crippen LogP) is 4.60. The maximum Gasteiger partial charge on any atom is 0.264 e. The van der Waals surface area contributed by atoms with Gasteiger partial charge in [-0.15, -0.1) is 0 Å². The first-order valence-corrected chi connectivity index (χ1v) is 9.32. The molecule has 142 valence electrons. The van der Waals surface area contributed by atoms with E-state index in [4.69, 9.17) is 25.8 Å². The molecule has 6 nitrogen and oxygen atoms in total. The quantitative estimate of drug-likeness (QED) is 0.647. The second kappa shape index (κ2) is 8.02. The minimum Gasteiger partial charge on any atom is -0.497 e. The Morgan fingerprint density at radius 2 is 1.81 bits per heavy atom. The number of carbonyl (C=O) groups is 1. The summed E-state index contributed by atoms with van der Waals surface area (Å²) in [5, 5.41) is 3.92. The molecule has 0 bridgehead atoms. The Hall–Kier alpha value is -2.51. The highest BCUT2D eigenvalue weighted by Gasteiger charge is 2.14. The number of nitrogens with zero attached hydrogens (tertiary/aromatic N) is 1. The van der Waals surface area contributed by atoms with Crippen LogP contribution in [0.15, 0.2) is 24.3 Å². The molecular weight excluding hydrogens is 388 g/mol. The van der Waals surface area contributed by atoms with Crippen molar-refractivity contribution in [2.24, 2.45) is 0 Å². The maximum atomic E-state index is 12.2. The number of fused-ring (bicyclic) bond motifs is 1. The SMILES string of the molecule is COc1cc(OC)c2nc(NC(=O)COc3cc(C)c(Cl)c(C)c3)sc2c1. The van der Waals surface area contributed by atoms with Crippen LogP contribution < -0.4 is 19.5 Å². The van der Waals surface area contributed by atoms with E-state index in [9.17, 15) is 4.79 Å². The molecule has 0 aliphatic heterocycles. The highest BCUT2D eigenvalue weighted by atomic mass is 35.5. The predicted molar refractivity (Wildman–Crippen MR) is 108 cm³/mol. The number of rotatable bonds is 6. The number of carbonyl (C=O) groups excluding carboxylic acids is 1. The van der Waals surface area contributed by atoms with Gasteiger partial charge in [0.2, 0.25) is 0 Å². The van der Waals surface area contributed by atoms with E-state index in [2.05, 4.69) is 10.3 Å². The van der Waals surface area contributed by atoms with Crippen LogP contribution in [0.5, 0.6) is 17.2 Å². The van der Waals surface area contributed by atoms with Crippen molar-refractivity contribution in [1.82, 2.24) is 4.98 Å². The summed E-state index contributed by atoms with van der Waals surface area (Å²) in [6.07, 6.45) is 0. The highest BCUT2D eigenvalue weighted by molar-refractivity contribution is 7.22. The lowest BCUT2D eigenvalue weighted by atomic mass is 10.1. The summed E-state index contributed by atoms with van der Waals surface area (Å²) in [4.78, 5) is 16.7. The van der Waals surface area contributed by atoms with E-state index in [-0.39, 0.29) is 12.5 Å². The van der Waals surface area contributed by atoms with E-state index < -0.39 is 0 Å².